The Morgan fingerprint density at radius 1 is 1.18 bits per heavy atom. The molecule has 4 rings (SSSR count). The third kappa shape index (κ3) is 5.42. The number of carbonyl (C=O) groups excluding carboxylic acids is 1. The number of Topliss-reactive ketones (excluding diaryl/α,β-unsaturated/α-hetero) is 1. The van der Waals surface area contributed by atoms with E-state index in [1.165, 1.54) is 19.2 Å². The van der Waals surface area contributed by atoms with Crippen LogP contribution in [0, 0.1) is 22.6 Å². The molecule has 0 unspecified atom stereocenters. The molecule has 2 aromatic carbocycles. The van der Waals surface area contributed by atoms with E-state index in [1.807, 2.05) is 4.90 Å². The second kappa shape index (κ2) is 11.2. The Kier molecular flexibility index (Phi) is 8.14. The van der Waals surface area contributed by atoms with Crippen molar-refractivity contribution < 1.29 is 23.4 Å². The first-order valence-corrected chi connectivity index (χ1v) is 13.1. The Morgan fingerprint density at radius 2 is 1.89 bits per heavy atom. The fraction of sp³-hybridized carbons (Fsp3) is 0.379. The molecule has 1 aliphatic heterocycles. The standard InChI is InChI=1S/C29H31BrFN3O4/c1-29(2)13-22-27(23(35)14-29)26(20(15-32)28(33)34(22)9-10-36-3)19-11-24(37-4)25(12-21(19)30)38-16-17-5-7-18(31)8-6-17/h5-8,11-12,26H,9-10,13-14,16,33H2,1-4H3/t26-/m0/s1. The summed E-state index contributed by atoms with van der Waals surface area (Å²) < 4.78 is 30.8. The number of carbonyl (C=O) groups is 1. The first-order chi connectivity index (χ1) is 18.1. The van der Waals surface area contributed by atoms with Crippen molar-refractivity contribution in [3.8, 4) is 17.6 Å². The molecule has 0 aromatic heterocycles. The maximum Gasteiger partial charge on any atom is 0.162 e. The van der Waals surface area contributed by atoms with Gasteiger partial charge in [-0.15, -0.1) is 0 Å². The zero-order valence-electron chi connectivity index (χ0n) is 21.9. The van der Waals surface area contributed by atoms with Crippen molar-refractivity contribution in [3.05, 3.63) is 80.5 Å². The van der Waals surface area contributed by atoms with Crippen molar-refractivity contribution in [2.75, 3.05) is 27.4 Å². The van der Waals surface area contributed by atoms with E-state index in [-0.39, 0.29) is 23.6 Å². The van der Waals surface area contributed by atoms with E-state index in [2.05, 4.69) is 35.8 Å². The van der Waals surface area contributed by atoms with Crippen LogP contribution >= 0.6 is 15.9 Å². The number of nitrogens with two attached hydrogens (primary N) is 1. The van der Waals surface area contributed by atoms with Crippen LogP contribution in [-0.2, 0) is 16.1 Å². The summed E-state index contributed by atoms with van der Waals surface area (Å²) in [5.41, 5.74) is 9.54. The molecular formula is C29H31BrFN3O4. The summed E-state index contributed by atoms with van der Waals surface area (Å²) in [7, 11) is 3.13. The second-order valence-electron chi connectivity index (χ2n) is 10.2. The predicted octanol–water partition coefficient (Wildman–Crippen LogP) is 5.56. The number of rotatable bonds is 8. The molecule has 2 aliphatic rings. The van der Waals surface area contributed by atoms with Crippen LogP contribution < -0.4 is 15.2 Å². The van der Waals surface area contributed by atoms with Gasteiger partial charge < -0.3 is 24.8 Å². The largest absolute Gasteiger partial charge is 0.493 e. The molecule has 0 radical (unpaired) electrons. The van der Waals surface area contributed by atoms with Gasteiger partial charge in [0.05, 0.1) is 31.3 Å². The van der Waals surface area contributed by atoms with Crippen molar-refractivity contribution >= 4 is 21.7 Å². The molecular weight excluding hydrogens is 553 g/mol. The van der Waals surface area contributed by atoms with E-state index in [9.17, 15) is 14.4 Å². The van der Waals surface area contributed by atoms with Crippen molar-refractivity contribution in [1.29, 1.82) is 5.26 Å². The minimum Gasteiger partial charge on any atom is -0.493 e. The number of nitriles is 1. The Labute approximate surface area is 230 Å². The predicted molar refractivity (Wildman–Crippen MR) is 145 cm³/mol. The van der Waals surface area contributed by atoms with Crippen molar-refractivity contribution in [3.63, 3.8) is 0 Å². The molecule has 1 atom stereocenters. The molecule has 0 saturated carbocycles. The summed E-state index contributed by atoms with van der Waals surface area (Å²) in [6, 6.07) is 11.9. The highest BCUT2D eigenvalue weighted by molar-refractivity contribution is 9.10. The van der Waals surface area contributed by atoms with Crippen LogP contribution in [0.4, 0.5) is 4.39 Å². The molecule has 0 bridgehead atoms. The SMILES string of the molecule is COCCN1C(N)=C(C#N)[C@H](c2cc(OC)c(OCc3ccc(F)cc3)cc2Br)C2=C1CC(C)(C)CC2=O. The van der Waals surface area contributed by atoms with E-state index < -0.39 is 5.92 Å². The maximum atomic E-state index is 13.6. The average molecular weight is 584 g/mol. The lowest BCUT2D eigenvalue weighted by molar-refractivity contribution is -0.118. The lowest BCUT2D eigenvalue weighted by atomic mass is 9.68. The smallest absolute Gasteiger partial charge is 0.162 e. The molecule has 2 aromatic rings. The third-order valence-corrected chi connectivity index (χ3v) is 7.59. The number of nitrogens with zero attached hydrogens (tertiary/aromatic N) is 2. The van der Waals surface area contributed by atoms with Gasteiger partial charge in [-0.05, 0) is 47.2 Å². The van der Waals surface area contributed by atoms with Gasteiger partial charge >= 0.3 is 0 Å². The van der Waals surface area contributed by atoms with Crippen LogP contribution in [0.1, 0.15) is 43.7 Å². The zero-order valence-corrected chi connectivity index (χ0v) is 23.5. The first-order valence-electron chi connectivity index (χ1n) is 12.3. The molecule has 38 heavy (non-hydrogen) atoms. The Morgan fingerprint density at radius 3 is 2.53 bits per heavy atom. The number of allylic oxidation sites excluding steroid dienone is 3. The van der Waals surface area contributed by atoms with Crippen molar-refractivity contribution in [2.24, 2.45) is 11.1 Å². The highest BCUT2D eigenvalue weighted by Gasteiger charge is 2.44. The van der Waals surface area contributed by atoms with Crippen LogP contribution in [0.2, 0.25) is 0 Å². The summed E-state index contributed by atoms with van der Waals surface area (Å²) >= 11 is 3.65. The number of benzene rings is 2. The molecule has 2 N–H and O–H groups in total. The fourth-order valence-electron chi connectivity index (χ4n) is 5.11. The molecule has 200 valence electrons. The number of methoxy groups -OCH3 is 2. The summed E-state index contributed by atoms with van der Waals surface area (Å²) in [6.45, 7) is 5.16. The Hall–Kier alpha value is -3.35. The van der Waals surface area contributed by atoms with Crippen molar-refractivity contribution in [1.82, 2.24) is 4.90 Å². The summed E-state index contributed by atoms with van der Waals surface area (Å²) in [5, 5.41) is 10.2. The molecule has 7 nitrogen and oxygen atoms in total. The van der Waals surface area contributed by atoms with Gasteiger partial charge in [-0.2, -0.15) is 5.26 Å². The van der Waals surface area contributed by atoms with Gasteiger partial charge in [-0.3, -0.25) is 4.79 Å². The Bertz CT molecular complexity index is 1340. The molecule has 0 fully saturated rings. The number of ketones is 1. The van der Waals surface area contributed by atoms with E-state index >= 15 is 0 Å². The van der Waals surface area contributed by atoms with E-state index in [1.54, 1.807) is 31.4 Å². The van der Waals surface area contributed by atoms with Gasteiger partial charge in [0.1, 0.15) is 18.2 Å². The van der Waals surface area contributed by atoms with Gasteiger partial charge in [0, 0.05) is 35.8 Å². The number of hydrogen-bond acceptors (Lipinski definition) is 7. The van der Waals surface area contributed by atoms with Gasteiger partial charge in [0.2, 0.25) is 0 Å². The van der Waals surface area contributed by atoms with Gasteiger partial charge in [-0.25, -0.2) is 4.39 Å². The zero-order chi connectivity index (χ0) is 27.6. The normalized spacial score (nSPS) is 18.8. The third-order valence-electron chi connectivity index (χ3n) is 6.91. The van der Waals surface area contributed by atoms with E-state index in [0.717, 1.165) is 11.3 Å². The fourth-order valence-corrected chi connectivity index (χ4v) is 5.66. The van der Waals surface area contributed by atoms with Gasteiger partial charge in [0.15, 0.2) is 17.3 Å². The van der Waals surface area contributed by atoms with Crippen LogP contribution in [0.3, 0.4) is 0 Å². The number of halogens is 2. The van der Waals surface area contributed by atoms with Crippen LogP contribution in [0.5, 0.6) is 11.5 Å². The molecule has 0 saturated heterocycles. The van der Waals surface area contributed by atoms with Gasteiger partial charge in [-0.1, -0.05) is 41.9 Å². The highest BCUT2D eigenvalue weighted by atomic mass is 79.9. The molecule has 1 aliphatic carbocycles. The molecule has 0 amide bonds. The van der Waals surface area contributed by atoms with E-state index in [4.69, 9.17) is 19.9 Å². The number of hydrogen-bond donors (Lipinski definition) is 1. The van der Waals surface area contributed by atoms with Crippen LogP contribution in [-0.4, -0.2) is 38.1 Å². The monoisotopic (exact) mass is 583 g/mol. The van der Waals surface area contributed by atoms with Crippen LogP contribution in [0.15, 0.2) is 63.5 Å². The quantitative estimate of drug-likeness (QED) is 0.434. The minimum absolute atomic E-state index is 0.00794. The second-order valence-corrected chi connectivity index (χ2v) is 11.1. The van der Waals surface area contributed by atoms with Crippen LogP contribution in [0.25, 0.3) is 0 Å². The molecule has 9 heteroatoms. The minimum atomic E-state index is -0.660. The summed E-state index contributed by atoms with van der Waals surface area (Å²) in [4.78, 5) is 15.5. The number of ether oxygens (including phenoxy) is 3. The summed E-state index contributed by atoms with van der Waals surface area (Å²) in [6.07, 6.45) is 1.01. The van der Waals surface area contributed by atoms with E-state index in [0.29, 0.717) is 64.5 Å². The van der Waals surface area contributed by atoms with Gasteiger partial charge in [0.25, 0.3) is 0 Å². The lowest BCUT2D eigenvalue weighted by Gasteiger charge is -2.44. The average Bonchev–Trinajstić information content (AvgIpc) is 2.87. The van der Waals surface area contributed by atoms with Crippen molar-refractivity contribution in [2.45, 2.75) is 39.2 Å². The maximum absolute atomic E-state index is 13.6. The Balaban J connectivity index is 1.80. The topological polar surface area (TPSA) is 97.8 Å². The molecule has 0 spiro atoms. The first kappa shape index (κ1) is 27.7. The highest BCUT2D eigenvalue weighted by Crippen LogP contribution is 2.51. The molecule has 1 heterocycles. The summed E-state index contributed by atoms with van der Waals surface area (Å²) in [5.74, 6) is 0.237. The lowest BCUT2D eigenvalue weighted by Crippen LogP contribution is -2.43.